The topological polar surface area (TPSA) is 24.5 Å². The summed E-state index contributed by atoms with van der Waals surface area (Å²) in [6, 6.07) is 9.24. The molecule has 1 atom stereocenters. The molecular weight excluding hydrogens is 236 g/mol. The number of aryl methyl sites for hydroxylation is 1. The Hall–Kier alpha value is -0.900. The monoisotopic (exact) mass is 264 g/mol. The highest BCUT2D eigenvalue weighted by molar-refractivity contribution is 5.24. The minimum atomic E-state index is 0.428. The summed E-state index contributed by atoms with van der Waals surface area (Å²) >= 11 is 0. The molecule has 1 N–H and O–H groups in total. The van der Waals surface area contributed by atoms with Crippen LogP contribution in [-0.2, 0) is 4.74 Å². The van der Waals surface area contributed by atoms with Crippen LogP contribution in [0.25, 0.3) is 0 Å². The van der Waals surface area contributed by atoms with Gasteiger partial charge >= 0.3 is 0 Å². The normalized spacial score (nSPS) is 12.9. The van der Waals surface area contributed by atoms with Crippen molar-refractivity contribution < 1.29 is 4.74 Å². The Kier molecular flexibility index (Phi) is 7.72. The summed E-state index contributed by atoms with van der Waals surface area (Å²) in [7, 11) is 3.80. The largest absolute Gasteiger partial charge is 0.383 e. The van der Waals surface area contributed by atoms with Gasteiger partial charge in [-0.25, -0.2) is 0 Å². The number of hydrogen-bond donors (Lipinski definition) is 1. The van der Waals surface area contributed by atoms with Crippen molar-refractivity contribution in [1.29, 1.82) is 0 Å². The van der Waals surface area contributed by atoms with Gasteiger partial charge in [0.25, 0.3) is 0 Å². The van der Waals surface area contributed by atoms with Gasteiger partial charge in [0.2, 0.25) is 0 Å². The molecule has 0 radical (unpaired) electrons. The van der Waals surface area contributed by atoms with Crippen LogP contribution in [0.2, 0.25) is 0 Å². The Morgan fingerprint density at radius 3 is 2.42 bits per heavy atom. The first-order chi connectivity index (χ1) is 9.21. The van der Waals surface area contributed by atoms with Gasteiger partial charge in [0.15, 0.2) is 0 Å². The highest BCUT2D eigenvalue weighted by Gasteiger charge is 2.11. The molecule has 0 saturated carbocycles. The average molecular weight is 264 g/mol. The van der Waals surface area contributed by atoms with Gasteiger partial charge in [0.05, 0.1) is 6.61 Å². The minimum absolute atomic E-state index is 0.428. The van der Waals surface area contributed by atoms with Crippen LogP contribution < -0.4 is 5.32 Å². The second-order valence-corrected chi connectivity index (χ2v) is 4.97. The van der Waals surface area contributed by atoms with Crippen molar-refractivity contribution in [1.82, 2.24) is 10.2 Å². The van der Waals surface area contributed by atoms with E-state index in [-0.39, 0.29) is 0 Å². The molecule has 0 fully saturated rings. The lowest BCUT2D eigenvalue weighted by molar-refractivity contribution is 0.148. The molecule has 0 saturated heterocycles. The second-order valence-electron chi connectivity index (χ2n) is 4.97. The SMILES string of the molecule is CCN(CCOC)CCC(NC)c1ccc(C)cc1. The molecule has 1 rings (SSSR count). The molecule has 1 unspecified atom stereocenters. The number of likely N-dealkylation sites (N-methyl/N-ethyl adjacent to an activating group) is 1. The first kappa shape index (κ1) is 16.2. The fraction of sp³-hybridized carbons (Fsp3) is 0.625. The van der Waals surface area contributed by atoms with E-state index in [4.69, 9.17) is 4.74 Å². The van der Waals surface area contributed by atoms with E-state index in [2.05, 4.69) is 48.3 Å². The molecule has 19 heavy (non-hydrogen) atoms. The standard InChI is InChI=1S/C16H28N2O/c1-5-18(12-13-19-4)11-10-16(17-3)15-8-6-14(2)7-9-15/h6-9,16-17H,5,10-13H2,1-4H3. The van der Waals surface area contributed by atoms with E-state index in [1.165, 1.54) is 11.1 Å². The van der Waals surface area contributed by atoms with Crippen LogP contribution in [-0.4, -0.2) is 45.3 Å². The van der Waals surface area contributed by atoms with Crippen LogP contribution in [0.4, 0.5) is 0 Å². The Morgan fingerprint density at radius 1 is 1.21 bits per heavy atom. The van der Waals surface area contributed by atoms with Crippen molar-refractivity contribution in [2.24, 2.45) is 0 Å². The van der Waals surface area contributed by atoms with Crippen molar-refractivity contribution in [3.05, 3.63) is 35.4 Å². The van der Waals surface area contributed by atoms with Crippen LogP contribution in [0.15, 0.2) is 24.3 Å². The van der Waals surface area contributed by atoms with E-state index in [1.54, 1.807) is 7.11 Å². The third-order valence-electron chi connectivity index (χ3n) is 3.62. The van der Waals surface area contributed by atoms with Crippen molar-refractivity contribution in [2.75, 3.05) is 40.4 Å². The van der Waals surface area contributed by atoms with Crippen molar-refractivity contribution in [3.8, 4) is 0 Å². The first-order valence-corrected chi connectivity index (χ1v) is 7.16. The predicted octanol–water partition coefficient (Wildman–Crippen LogP) is 2.61. The number of hydrogen-bond acceptors (Lipinski definition) is 3. The number of methoxy groups -OCH3 is 1. The van der Waals surface area contributed by atoms with Gasteiger partial charge in [-0.3, -0.25) is 0 Å². The summed E-state index contributed by atoms with van der Waals surface area (Å²) in [5, 5.41) is 3.42. The maximum Gasteiger partial charge on any atom is 0.0589 e. The molecule has 0 aromatic heterocycles. The molecule has 0 heterocycles. The third kappa shape index (κ3) is 5.72. The van der Waals surface area contributed by atoms with Crippen molar-refractivity contribution in [2.45, 2.75) is 26.3 Å². The zero-order valence-corrected chi connectivity index (χ0v) is 12.8. The van der Waals surface area contributed by atoms with Gasteiger partial charge in [-0.05, 0) is 32.5 Å². The fourth-order valence-electron chi connectivity index (χ4n) is 2.24. The Labute approximate surface area is 118 Å². The zero-order chi connectivity index (χ0) is 14.1. The second kappa shape index (κ2) is 9.08. The van der Waals surface area contributed by atoms with Crippen LogP contribution in [0.1, 0.15) is 30.5 Å². The summed E-state index contributed by atoms with van der Waals surface area (Å²) in [6.07, 6.45) is 1.12. The maximum absolute atomic E-state index is 5.15. The maximum atomic E-state index is 5.15. The smallest absolute Gasteiger partial charge is 0.0589 e. The molecule has 3 nitrogen and oxygen atoms in total. The van der Waals surface area contributed by atoms with E-state index >= 15 is 0 Å². The van der Waals surface area contributed by atoms with Crippen molar-refractivity contribution in [3.63, 3.8) is 0 Å². The predicted molar refractivity (Wildman–Crippen MR) is 81.6 cm³/mol. The lowest BCUT2D eigenvalue weighted by Gasteiger charge is -2.24. The average Bonchev–Trinajstić information content (AvgIpc) is 2.44. The number of nitrogens with zero attached hydrogens (tertiary/aromatic N) is 1. The number of nitrogens with one attached hydrogen (secondary N) is 1. The molecule has 108 valence electrons. The lowest BCUT2D eigenvalue weighted by Crippen LogP contribution is -2.31. The van der Waals surface area contributed by atoms with Crippen molar-refractivity contribution >= 4 is 0 Å². The minimum Gasteiger partial charge on any atom is -0.383 e. The number of rotatable bonds is 9. The summed E-state index contributed by atoms with van der Waals surface area (Å²) in [6.45, 7) is 8.32. The highest BCUT2D eigenvalue weighted by atomic mass is 16.5. The van der Waals surface area contributed by atoms with Crippen LogP contribution in [0, 0.1) is 6.92 Å². The molecule has 0 spiro atoms. The van der Waals surface area contributed by atoms with Gasteiger partial charge in [-0.2, -0.15) is 0 Å². The van der Waals surface area contributed by atoms with Gasteiger partial charge < -0.3 is 15.0 Å². The third-order valence-corrected chi connectivity index (χ3v) is 3.62. The number of ether oxygens (including phenoxy) is 1. The van der Waals surface area contributed by atoms with E-state index < -0.39 is 0 Å². The quantitative estimate of drug-likeness (QED) is 0.742. The van der Waals surface area contributed by atoms with Gasteiger partial charge in [-0.15, -0.1) is 0 Å². The summed E-state index contributed by atoms with van der Waals surface area (Å²) in [5.74, 6) is 0. The van der Waals surface area contributed by atoms with Crippen LogP contribution >= 0.6 is 0 Å². The number of benzene rings is 1. The summed E-state index contributed by atoms with van der Waals surface area (Å²) < 4.78 is 5.15. The molecule has 0 amide bonds. The first-order valence-electron chi connectivity index (χ1n) is 7.16. The van der Waals surface area contributed by atoms with E-state index in [9.17, 15) is 0 Å². The Bertz CT molecular complexity index is 337. The van der Waals surface area contributed by atoms with Gasteiger partial charge in [0.1, 0.15) is 0 Å². The highest BCUT2D eigenvalue weighted by Crippen LogP contribution is 2.17. The summed E-state index contributed by atoms with van der Waals surface area (Å²) in [4.78, 5) is 2.43. The van der Waals surface area contributed by atoms with E-state index in [0.717, 1.165) is 32.7 Å². The molecule has 0 aliphatic heterocycles. The molecule has 1 aromatic rings. The molecule has 0 aliphatic carbocycles. The fourth-order valence-corrected chi connectivity index (χ4v) is 2.24. The molecule has 0 bridgehead atoms. The Morgan fingerprint density at radius 2 is 1.89 bits per heavy atom. The Balaban J connectivity index is 2.49. The van der Waals surface area contributed by atoms with Gasteiger partial charge in [0, 0.05) is 26.2 Å². The molecule has 0 aliphatic rings. The van der Waals surface area contributed by atoms with Crippen LogP contribution in [0.3, 0.4) is 0 Å². The molecular formula is C16H28N2O. The lowest BCUT2D eigenvalue weighted by atomic mass is 10.0. The van der Waals surface area contributed by atoms with E-state index in [0.29, 0.717) is 6.04 Å². The molecule has 1 aromatic carbocycles. The van der Waals surface area contributed by atoms with Crippen LogP contribution in [0.5, 0.6) is 0 Å². The van der Waals surface area contributed by atoms with Gasteiger partial charge in [-0.1, -0.05) is 36.8 Å². The summed E-state index contributed by atoms with van der Waals surface area (Å²) in [5.41, 5.74) is 2.68. The van der Waals surface area contributed by atoms with E-state index in [1.807, 2.05) is 7.05 Å². The zero-order valence-electron chi connectivity index (χ0n) is 12.8. The molecule has 3 heteroatoms.